The number of carboxylic acid groups (broad SMARTS) is 1. The summed E-state index contributed by atoms with van der Waals surface area (Å²) in [6, 6.07) is 2.00. The van der Waals surface area contributed by atoms with Gasteiger partial charge in [-0.2, -0.15) is 23.4 Å². The van der Waals surface area contributed by atoms with Gasteiger partial charge in [-0.3, -0.25) is 9.36 Å². The molecule has 0 amide bonds. The highest BCUT2D eigenvalue weighted by molar-refractivity contribution is 5.73. The lowest BCUT2D eigenvalue weighted by Crippen LogP contribution is -2.36. The number of hydrogen-bond donors (Lipinski definition) is 1. The highest BCUT2D eigenvalue weighted by Crippen LogP contribution is 2.19. The number of hydrogen-bond acceptors (Lipinski definition) is 5. The predicted molar refractivity (Wildman–Crippen MR) is 89.7 cm³/mol. The molecular weight excluding hydrogens is 365 g/mol. The summed E-state index contributed by atoms with van der Waals surface area (Å²) in [6.07, 6.45) is 5.93. The topological polar surface area (TPSA) is 89.1 Å². The Morgan fingerprint density at radius 3 is 2.37 bits per heavy atom. The summed E-state index contributed by atoms with van der Waals surface area (Å²) in [4.78, 5) is 15.4. The minimum absolute atomic E-state index is 0.779. The van der Waals surface area contributed by atoms with E-state index in [1.165, 1.54) is 25.9 Å². The Balaban J connectivity index is 0.000000321. The van der Waals surface area contributed by atoms with Crippen LogP contribution in [0.15, 0.2) is 31.1 Å². The summed E-state index contributed by atoms with van der Waals surface area (Å²) in [7, 11) is 0. The van der Waals surface area contributed by atoms with Gasteiger partial charge in [0.1, 0.15) is 12.7 Å². The van der Waals surface area contributed by atoms with Crippen LogP contribution in [0.2, 0.25) is 0 Å². The molecule has 1 fully saturated rings. The third-order valence-electron chi connectivity index (χ3n) is 4.28. The van der Waals surface area contributed by atoms with E-state index in [2.05, 4.69) is 31.0 Å². The molecule has 0 bridgehead atoms. The number of nitrogens with zero attached hydrogens (tertiary/aromatic N) is 6. The number of aromatic nitrogens is 5. The van der Waals surface area contributed by atoms with Crippen molar-refractivity contribution in [2.45, 2.75) is 38.5 Å². The van der Waals surface area contributed by atoms with E-state index in [1.54, 1.807) is 12.7 Å². The molecule has 0 aromatic carbocycles. The SMILES string of the molecule is O=C(O)C(F)(F)F.c1cnn(CC2CCN(CCCn3cncn3)CC2)c1. The summed E-state index contributed by atoms with van der Waals surface area (Å²) < 4.78 is 35.7. The van der Waals surface area contributed by atoms with Crippen molar-refractivity contribution in [3.05, 3.63) is 31.1 Å². The molecule has 0 atom stereocenters. The number of carbonyl (C=O) groups is 1. The van der Waals surface area contributed by atoms with E-state index >= 15 is 0 Å². The molecule has 0 spiro atoms. The smallest absolute Gasteiger partial charge is 0.475 e. The van der Waals surface area contributed by atoms with Gasteiger partial charge in [0.15, 0.2) is 0 Å². The van der Waals surface area contributed by atoms with E-state index in [4.69, 9.17) is 9.90 Å². The highest BCUT2D eigenvalue weighted by Gasteiger charge is 2.38. The molecule has 0 unspecified atom stereocenters. The lowest BCUT2D eigenvalue weighted by molar-refractivity contribution is -0.192. The van der Waals surface area contributed by atoms with Crippen molar-refractivity contribution in [1.82, 2.24) is 29.4 Å². The van der Waals surface area contributed by atoms with E-state index in [9.17, 15) is 13.2 Å². The monoisotopic (exact) mass is 388 g/mol. The number of halogens is 3. The number of aliphatic carboxylic acids is 1. The second kappa shape index (κ2) is 10.0. The Bertz CT molecular complexity index is 652. The Kier molecular flexibility index (Phi) is 7.77. The number of aryl methyl sites for hydroxylation is 1. The van der Waals surface area contributed by atoms with Crippen molar-refractivity contribution < 1.29 is 23.1 Å². The van der Waals surface area contributed by atoms with Crippen LogP contribution < -0.4 is 0 Å². The Hall–Kier alpha value is -2.43. The first-order chi connectivity index (χ1) is 12.8. The Morgan fingerprint density at radius 2 is 1.85 bits per heavy atom. The average molecular weight is 388 g/mol. The maximum Gasteiger partial charge on any atom is 0.490 e. The molecule has 150 valence electrons. The minimum atomic E-state index is -5.08. The summed E-state index contributed by atoms with van der Waals surface area (Å²) in [5, 5.41) is 15.5. The van der Waals surface area contributed by atoms with Crippen LogP contribution in [0.1, 0.15) is 19.3 Å². The molecule has 1 saturated heterocycles. The normalized spacial score (nSPS) is 16.0. The number of rotatable bonds is 6. The second-order valence-corrected chi connectivity index (χ2v) is 6.33. The first kappa shape index (κ1) is 20.9. The number of likely N-dealkylation sites (tertiary alicyclic amines) is 1. The van der Waals surface area contributed by atoms with Crippen LogP contribution in [0.4, 0.5) is 13.2 Å². The Labute approximate surface area is 154 Å². The molecule has 8 nitrogen and oxygen atoms in total. The van der Waals surface area contributed by atoms with Crippen LogP contribution in [-0.4, -0.2) is 66.3 Å². The zero-order valence-corrected chi connectivity index (χ0v) is 14.8. The number of carboxylic acids is 1. The van der Waals surface area contributed by atoms with Crippen molar-refractivity contribution in [1.29, 1.82) is 0 Å². The zero-order valence-electron chi connectivity index (χ0n) is 14.8. The molecule has 2 aromatic heterocycles. The molecule has 2 aromatic rings. The van der Waals surface area contributed by atoms with Crippen molar-refractivity contribution in [2.75, 3.05) is 19.6 Å². The molecule has 0 radical (unpaired) electrons. The van der Waals surface area contributed by atoms with Crippen LogP contribution in [0.5, 0.6) is 0 Å². The van der Waals surface area contributed by atoms with Gasteiger partial charge in [0.2, 0.25) is 0 Å². The maximum atomic E-state index is 10.6. The van der Waals surface area contributed by atoms with E-state index in [0.29, 0.717) is 0 Å². The molecule has 27 heavy (non-hydrogen) atoms. The molecule has 1 N–H and O–H groups in total. The molecule has 1 aliphatic heterocycles. The van der Waals surface area contributed by atoms with Crippen molar-refractivity contribution in [2.24, 2.45) is 5.92 Å². The largest absolute Gasteiger partial charge is 0.490 e. The lowest BCUT2D eigenvalue weighted by Gasteiger charge is -2.31. The van der Waals surface area contributed by atoms with Crippen LogP contribution >= 0.6 is 0 Å². The fourth-order valence-electron chi connectivity index (χ4n) is 2.87. The fraction of sp³-hybridized carbons (Fsp3) is 0.625. The van der Waals surface area contributed by atoms with Crippen LogP contribution in [0, 0.1) is 5.92 Å². The van der Waals surface area contributed by atoms with E-state index in [-0.39, 0.29) is 0 Å². The molecular formula is C16H23F3N6O2. The van der Waals surface area contributed by atoms with Gasteiger partial charge in [0.05, 0.1) is 0 Å². The van der Waals surface area contributed by atoms with Gasteiger partial charge in [-0.1, -0.05) is 0 Å². The molecule has 1 aliphatic rings. The first-order valence-corrected chi connectivity index (χ1v) is 8.67. The van der Waals surface area contributed by atoms with Crippen LogP contribution in [0.3, 0.4) is 0 Å². The standard InChI is InChI=1S/C14H22N6.C2HF3O2/c1-5-16-19(7-1)11-14-3-9-18(10-4-14)6-2-8-20-13-15-12-17-20;3-2(4,5)1(6)7/h1,5,7,12-14H,2-4,6,8-11H2;(H,6,7). The molecule has 0 saturated carbocycles. The number of alkyl halides is 3. The van der Waals surface area contributed by atoms with Gasteiger partial charge in [-0.05, 0) is 50.9 Å². The highest BCUT2D eigenvalue weighted by atomic mass is 19.4. The van der Waals surface area contributed by atoms with Gasteiger partial charge < -0.3 is 10.0 Å². The molecule has 0 aliphatic carbocycles. The van der Waals surface area contributed by atoms with Gasteiger partial charge >= 0.3 is 12.1 Å². The quantitative estimate of drug-likeness (QED) is 0.813. The van der Waals surface area contributed by atoms with Gasteiger partial charge in [0, 0.05) is 25.5 Å². The summed E-state index contributed by atoms with van der Waals surface area (Å²) in [6.45, 7) is 5.62. The second-order valence-electron chi connectivity index (χ2n) is 6.33. The minimum Gasteiger partial charge on any atom is -0.475 e. The lowest BCUT2D eigenvalue weighted by atomic mass is 9.97. The molecule has 3 heterocycles. The van der Waals surface area contributed by atoms with E-state index < -0.39 is 12.1 Å². The Morgan fingerprint density at radius 1 is 1.15 bits per heavy atom. The third kappa shape index (κ3) is 7.77. The van der Waals surface area contributed by atoms with Crippen molar-refractivity contribution in [3.63, 3.8) is 0 Å². The maximum absolute atomic E-state index is 10.6. The molecule has 11 heteroatoms. The first-order valence-electron chi connectivity index (χ1n) is 8.67. The summed E-state index contributed by atoms with van der Waals surface area (Å²) >= 11 is 0. The van der Waals surface area contributed by atoms with Crippen LogP contribution in [-0.2, 0) is 17.9 Å². The molecule has 3 rings (SSSR count). The number of piperidine rings is 1. The summed E-state index contributed by atoms with van der Waals surface area (Å²) in [5.41, 5.74) is 0. The van der Waals surface area contributed by atoms with E-state index in [0.717, 1.165) is 32.0 Å². The summed E-state index contributed by atoms with van der Waals surface area (Å²) in [5.74, 6) is -1.98. The predicted octanol–water partition coefficient (Wildman–Crippen LogP) is 1.91. The van der Waals surface area contributed by atoms with E-state index in [1.807, 2.05) is 16.9 Å². The average Bonchev–Trinajstić information content (AvgIpc) is 3.30. The van der Waals surface area contributed by atoms with Gasteiger partial charge in [0.25, 0.3) is 0 Å². The van der Waals surface area contributed by atoms with Crippen molar-refractivity contribution >= 4 is 5.97 Å². The fourth-order valence-corrected chi connectivity index (χ4v) is 2.87. The van der Waals surface area contributed by atoms with Gasteiger partial charge in [-0.15, -0.1) is 0 Å². The zero-order chi connectivity index (χ0) is 19.7. The van der Waals surface area contributed by atoms with Crippen LogP contribution in [0.25, 0.3) is 0 Å². The third-order valence-corrected chi connectivity index (χ3v) is 4.28. The van der Waals surface area contributed by atoms with Gasteiger partial charge in [-0.25, -0.2) is 9.78 Å². The van der Waals surface area contributed by atoms with Crippen molar-refractivity contribution in [3.8, 4) is 0 Å².